The van der Waals surface area contributed by atoms with Gasteiger partial charge in [-0.3, -0.25) is 9.10 Å². The van der Waals surface area contributed by atoms with Crippen LogP contribution < -0.4 is 9.62 Å². The van der Waals surface area contributed by atoms with Crippen LogP contribution in [0.1, 0.15) is 10.4 Å². The van der Waals surface area contributed by atoms with E-state index in [1.165, 1.54) is 31.3 Å². The summed E-state index contributed by atoms with van der Waals surface area (Å²) in [5.41, 5.74) is 0.257. The average molecular weight is 357 g/mol. The van der Waals surface area contributed by atoms with Crippen LogP contribution in [-0.4, -0.2) is 27.6 Å². The van der Waals surface area contributed by atoms with Crippen LogP contribution in [0.3, 0.4) is 0 Å². The van der Waals surface area contributed by atoms with Crippen molar-refractivity contribution < 1.29 is 17.6 Å². The molecule has 5 nitrogen and oxygen atoms in total. The molecule has 0 aliphatic rings. The standard InChI is InChI=1S/C15H14ClFN2O3S/c1-19(23(2,21)22)14-6-4-3-5-11(14)15(20)18-13-8-7-10(16)9-12(13)17/h3-9H,1-2H3,(H,18,20). The van der Waals surface area contributed by atoms with Gasteiger partial charge in [-0.15, -0.1) is 0 Å². The van der Waals surface area contributed by atoms with Gasteiger partial charge in [-0.1, -0.05) is 23.7 Å². The fourth-order valence-corrected chi connectivity index (χ4v) is 2.57. The van der Waals surface area contributed by atoms with Crippen molar-refractivity contribution in [3.8, 4) is 0 Å². The fourth-order valence-electron chi connectivity index (χ4n) is 1.90. The number of amides is 1. The Morgan fingerprint density at radius 3 is 2.48 bits per heavy atom. The molecule has 1 N–H and O–H groups in total. The summed E-state index contributed by atoms with van der Waals surface area (Å²) in [4.78, 5) is 12.4. The van der Waals surface area contributed by atoms with Crippen LogP contribution in [0.4, 0.5) is 15.8 Å². The molecule has 0 saturated heterocycles. The lowest BCUT2D eigenvalue weighted by atomic mass is 10.1. The Morgan fingerprint density at radius 1 is 1.22 bits per heavy atom. The molecule has 0 bridgehead atoms. The highest BCUT2D eigenvalue weighted by atomic mass is 35.5. The number of nitrogens with zero attached hydrogens (tertiary/aromatic N) is 1. The quantitative estimate of drug-likeness (QED) is 0.915. The van der Waals surface area contributed by atoms with E-state index in [2.05, 4.69) is 5.32 Å². The van der Waals surface area contributed by atoms with E-state index in [-0.39, 0.29) is 22.0 Å². The summed E-state index contributed by atoms with van der Waals surface area (Å²) in [6.45, 7) is 0. The Kier molecular flexibility index (Phi) is 4.91. The molecule has 2 aromatic rings. The van der Waals surface area contributed by atoms with E-state index >= 15 is 0 Å². The van der Waals surface area contributed by atoms with E-state index < -0.39 is 21.7 Å². The normalized spacial score (nSPS) is 11.1. The second kappa shape index (κ2) is 6.55. The van der Waals surface area contributed by atoms with E-state index in [0.717, 1.165) is 16.6 Å². The Bertz CT molecular complexity index is 856. The molecule has 0 atom stereocenters. The van der Waals surface area contributed by atoms with Gasteiger partial charge in [0.1, 0.15) is 5.82 Å². The third kappa shape index (κ3) is 4.00. The summed E-state index contributed by atoms with van der Waals surface area (Å²) < 4.78 is 38.1. The van der Waals surface area contributed by atoms with Gasteiger partial charge in [0.25, 0.3) is 5.91 Å². The second-order valence-electron chi connectivity index (χ2n) is 4.83. The molecule has 0 aromatic heterocycles. The van der Waals surface area contributed by atoms with Crippen LogP contribution in [-0.2, 0) is 10.0 Å². The van der Waals surface area contributed by atoms with Gasteiger partial charge in [0.2, 0.25) is 10.0 Å². The van der Waals surface area contributed by atoms with Crippen molar-refractivity contribution in [3.63, 3.8) is 0 Å². The maximum absolute atomic E-state index is 13.8. The molecule has 2 aromatic carbocycles. The van der Waals surface area contributed by atoms with Gasteiger partial charge in [-0.05, 0) is 30.3 Å². The monoisotopic (exact) mass is 356 g/mol. The molecule has 0 radical (unpaired) electrons. The molecule has 1 amide bonds. The third-order valence-electron chi connectivity index (χ3n) is 3.16. The highest BCUT2D eigenvalue weighted by molar-refractivity contribution is 7.92. The molecule has 0 aliphatic carbocycles. The van der Waals surface area contributed by atoms with Crippen molar-refractivity contribution >= 4 is 38.9 Å². The zero-order valence-electron chi connectivity index (χ0n) is 12.4. The third-order valence-corrected chi connectivity index (χ3v) is 4.59. The SMILES string of the molecule is CN(c1ccccc1C(=O)Nc1ccc(Cl)cc1F)S(C)(=O)=O. The minimum Gasteiger partial charge on any atom is -0.319 e. The van der Waals surface area contributed by atoms with Crippen LogP contribution >= 0.6 is 11.6 Å². The average Bonchev–Trinajstić information content (AvgIpc) is 2.48. The topological polar surface area (TPSA) is 66.5 Å². The van der Waals surface area contributed by atoms with Crippen LogP contribution in [0.5, 0.6) is 0 Å². The van der Waals surface area contributed by atoms with Gasteiger partial charge in [0.05, 0.1) is 23.2 Å². The number of halogens is 2. The van der Waals surface area contributed by atoms with E-state index in [1.807, 2.05) is 0 Å². The first-order valence-corrected chi connectivity index (χ1v) is 8.72. The van der Waals surface area contributed by atoms with Crippen LogP contribution in [0.15, 0.2) is 42.5 Å². The summed E-state index contributed by atoms with van der Waals surface area (Å²) in [7, 11) is -2.20. The summed E-state index contributed by atoms with van der Waals surface area (Å²) in [6, 6.07) is 10.00. The number of hydrogen-bond donors (Lipinski definition) is 1. The van der Waals surface area contributed by atoms with Crippen LogP contribution in [0, 0.1) is 5.82 Å². The summed E-state index contributed by atoms with van der Waals surface area (Å²) in [5, 5.41) is 2.61. The minimum absolute atomic E-state index is 0.0452. The molecule has 2 rings (SSSR count). The Labute approximate surface area is 138 Å². The van der Waals surface area contributed by atoms with E-state index in [4.69, 9.17) is 11.6 Å². The van der Waals surface area contributed by atoms with Crippen LogP contribution in [0.25, 0.3) is 0 Å². The molecular weight excluding hydrogens is 343 g/mol. The zero-order chi connectivity index (χ0) is 17.2. The Balaban J connectivity index is 2.37. The van der Waals surface area contributed by atoms with Crippen molar-refractivity contribution in [2.45, 2.75) is 0 Å². The van der Waals surface area contributed by atoms with Crippen molar-refractivity contribution in [2.24, 2.45) is 0 Å². The summed E-state index contributed by atoms with van der Waals surface area (Å²) in [5.74, 6) is -1.31. The number of carbonyl (C=O) groups excluding carboxylic acids is 1. The summed E-state index contributed by atoms with van der Waals surface area (Å²) >= 11 is 5.66. The molecule has 0 heterocycles. The van der Waals surface area contributed by atoms with Gasteiger partial charge in [-0.2, -0.15) is 0 Å². The Hall–Kier alpha value is -2.12. The van der Waals surface area contributed by atoms with Gasteiger partial charge in [0, 0.05) is 12.1 Å². The highest BCUT2D eigenvalue weighted by Crippen LogP contribution is 2.24. The number of carbonyl (C=O) groups is 1. The van der Waals surface area contributed by atoms with Gasteiger partial charge < -0.3 is 5.32 Å². The fraction of sp³-hybridized carbons (Fsp3) is 0.133. The van der Waals surface area contributed by atoms with Gasteiger partial charge >= 0.3 is 0 Å². The molecule has 0 aliphatic heterocycles. The highest BCUT2D eigenvalue weighted by Gasteiger charge is 2.20. The maximum atomic E-state index is 13.8. The smallest absolute Gasteiger partial charge is 0.257 e. The minimum atomic E-state index is -3.54. The molecule has 8 heteroatoms. The van der Waals surface area contributed by atoms with E-state index in [9.17, 15) is 17.6 Å². The first-order valence-electron chi connectivity index (χ1n) is 6.49. The van der Waals surface area contributed by atoms with Crippen molar-refractivity contribution in [1.82, 2.24) is 0 Å². The number of sulfonamides is 1. The lowest BCUT2D eigenvalue weighted by molar-refractivity contribution is 0.102. The zero-order valence-corrected chi connectivity index (χ0v) is 14.0. The number of anilines is 2. The number of benzene rings is 2. The number of hydrogen-bond acceptors (Lipinski definition) is 3. The summed E-state index contributed by atoms with van der Waals surface area (Å²) in [6.07, 6.45) is 1.03. The molecule has 0 saturated carbocycles. The van der Waals surface area contributed by atoms with E-state index in [0.29, 0.717) is 0 Å². The maximum Gasteiger partial charge on any atom is 0.257 e. The molecule has 122 valence electrons. The molecule has 0 unspecified atom stereocenters. The molecule has 23 heavy (non-hydrogen) atoms. The van der Waals surface area contributed by atoms with E-state index in [1.54, 1.807) is 12.1 Å². The van der Waals surface area contributed by atoms with Gasteiger partial charge in [-0.25, -0.2) is 12.8 Å². The Morgan fingerprint density at radius 2 is 1.87 bits per heavy atom. The lowest BCUT2D eigenvalue weighted by Gasteiger charge is -2.19. The molecule has 0 spiro atoms. The lowest BCUT2D eigenvalue weighted by Crippen LogP contribution is -2.27. The van der Waals surface area contributed by atoms with Crippen LogP contribution in [0.2, 0.25) is 5.02 Å². The number of para-hydroxylation sites is 1. The largest absolute Gasteiger partial charge is 0.319 e. The van der Waals surface area contributed by atoms with Crippen molar-refractivity contribution in [1.29, 1.82) is 0 Å². The first kappa shape index (κ1) is 17.2. The molecular formula is C15H14ClFN2O3S. The number of rotatable bonds is 4. The second-order valence-corrected chi connectivity index (χ2v) is 7.28. The molecule has 0 fully saturated rings. The number of nitrogens with one attached hydrogen (secondary N) is 1. The first-order chi connectivity index (χ1) is 10.7. The van der Waals surface area contributed by atoms with Crippen molar-refractivity contribution in [3.05, 3.63) is 58.9 Å². The predicted octanol–water partition coefficient (Wildman–Crippen LogP) is 3.13. The predicted molar refractivity (Wildman–Crippen MR) is 89.1 cm³/mol. The van der Waals surface area contributed by atoms with Gasteiger partial charge in [0.15, 0.2) is 0 Å². The van der Waals surface area contributed by atoms with Crippen molar-refractivity contribution in [2.75, 3.05) is 22.9 Å².